The van der Waals surface area contributed by atoms with Crippen LogP contribution >= 0.6 is 0 Å². The summed E-state index contributed by atoms with van der Waals surface area (Å²) >= 11 is 0. The molecule has 0 aliphatic rings. The van der Waals surface area contributed by atoms with Gasteiger partial charge < -0.3 is 10.2 Å². The van der Waals surface area contributed by atoms with Crippen LogP contribution in [0.4, 0.5) is 0 Å². The molecule has 0 saturated heterocycles. The molecule has 1 atom stereocenters. The van der Waals surface area contributed by atoms with Crippen LogP contribution in [-0.2, 0) is 4.79 Å². The van der Waals surface area contributed by atoms with Crippen molar-refractivity contribution in [3.63, 3.8) is 0 Å². The highest BCUT2D eigenvalue weighted by atomic mass is 16.4. The number of carboxylic acids is 1. The van der Waals surface area contributed by atoms with Crippen LogP contribution in [0.5, 0.6) is 0 Å². The van der Waals surface area contributed by atoms with E-state index in [1.807, 2.05) is 6.92 Å². The highest BCUT2D eigenvalue weighted by molar-refractivity contribution is 5.72. The lowest BCUT2D eigenvalue weighted by Crippen LogP contribution is -2.36. The topological polar surface area (TPSA) is 57.5 Å². The van der Waals surface area contributed by atoms with E-state index in [4.69, 9.17) is 5.11 Å². The van der Waals surface area contributed by atoms with E-state index in [2.05, 4.69) is 0 Å². The Morgan fingerprint density at radius 1 is 1.50 bits per heavy atom. The Balaban J connectivity index is 4.08. The minimum absolute atomic E-state index is 0.512. The second-order valence-electron chi connectivity index (χ2n) is 3.83. The van der Waals surface area contributed by atoms with Crippen LogP contribution < -0.4 is 0 Å². The Hall–Kier alpha value is -0.570. The summed E-state index contributed by atoms with van der Waals surface area (Å²) in [5.74, 6) is -1.13. The molecular weight excluding hydrogens is 156 g/mol. The fraction of sp³-hybridized carbons (Fsp3) is 0.889. The maximum Gasteiger partial charge on any atom is 0.333 e. The second-order valence-corrected chi connectivity index (χ2v) is 3.83. The van der Waals surface area contributed by atoms with Gasteiger partial charge in [0.2, 0.25) is 0 Å². The number of rotatable bonds is 5. The molecule has 0 aromatic heterocycles. The molecular formula is C9H18O3. The molecule has 0 amide bonds. The number of hydrogen-bond acceptors (Lipinski definition) is 2. The van der Waals surface area contributed by atoms with E-state index in [9.17, 15) is 9.90 Å². The second kappa shape index (κ2) is 4.45. The molecule has 2 N–H and O–H groups in total. The van der Waals surface area contributed by atoms with E-state index in [0.29, 0.717) is 0 Å². The first-order chi connectivity index (χ1) is 5.41. The first kappa shape index (κ1) is 11.4. The van der Waals surface area contributed by atoms with E-state index in [-0.39, 0.29) is 0 Å². The van der Waals surface area contributed by atoms with E-state index in [1.165, 1.54) is 0 Å². The molecule has 0 bridgehead atoms. The van der Waals surface area contributed by atoms with Crippen LogP contribution in [0.3, 0.4) is 0 Å². The van der Waals surface area contributed by atoms with E-state index in [0.717, 1.165) is 19.3 Å². The summed E-state index contributed by atoms with van der Waals surface area (Å²) in [6.45, 7) is 5.60. The van der Waals surface area contributed by atoms with Crippen LogP contribution in [0.2, 0.25) is 0 Å². The van der Waals surface area contributed by atoms with Gasteiger partial charge in [-0.1, -0.05) is 33.6 Å². The molecule has 3 nitrogen and oxygen atoms in total. The Morgan fingerprint density at radius 3 is 2.33 bits per heavy atom. The fourth-order valence-electron chi connectivity index (χ4n) is 1.10. The van der Waals surface area contributed by atoms with Crippen LogP contribution in [0.15, 0.2) is 0 Å². The first-order valence-corrected chi connectivity index (χ1v) is 4.32. The summed E-state index contributed by atoms with van der Waals surface area (Å²) < 4.78 is 0. The van der Waals surface area contributed by atoms with Gasteiger partial charge in [-0.15, -0.1) is 0 Å². The maximum atomic E-state index is 10.5. The largest absolute Gasteiger partial charge is 0.479 e. The lowest BCUT2D eigenvalue weighted by molar-refractivity contribution is -0.153. The van der Waals surface area contributed by atoms with Gasteiger partial charge in [0.25, 0.3) is 0 Å². The van der Waals surface area contributed by atoms with Crippen molar-refractivity contribution in [3.8, 4) is 0 Å². The summed E-state index contributed by atoms with van der Waals surface area (Å²) in [5, 5.41) is 17.8. The third-order valence-corrected chi connectivity index (χ3v) is 2.15. The minimum atomic E-state index is -1.25. The number of aliphatic hydroxyl groups excluding tert-OH is 1. The highest BCUT2D eigenvalue weighted by Crippen LogP contribution is 2.27. The number of aliphatic carboxylic acids is 1. The molecule has 0 aliphatic heterocycles. The normalized spacial score (nSPS) is 14.3. The van der Waals surface area contributed by atoms with Crippen molar-refractivity contribution < 1.29 is 15.0 Å². The van der Waals surface area contributed by atoms with Gasteiger partial charge in [-0.2, -0.15) is 0 Å². The van der Waals surface area contributed by atoms with Crippen LogP contribution in [0, 0.1) is 5.41 Å². The standard InChI is InChI=1S/C9H18O3/c1-4-5-6-9(2,3)7(10)8(11)12/h7,10H,4-6H2,1-3H3,(H,11,12). The number of hydrogen-bond donors (Lipinski definition) is 2. The van der Waals surface area contributed by atoms with Gasteiger partial charge in [0.05, 0.1) is 0 Å². The minimum Gasteiger partial charge on any atom is -0.479 e. The summed E-state index contributed by atoms with van der Waals surface area (Å²) in [6, 6.07) is 0. The predicted molar refractivity (Wildman–Crippen MR) is 46.9 cm³/mol. The van der Waals surface area contributed by atoms with E-state index < -0.39 is 17.5 Å². The van der Waals surface area contributed by atoms with Crippen molar-refractivity contribution in [3.05, 3.63) is 0 Å². The number of carboxylic acid groups (broad SMARTS) is 1. The summed E-state index contributed by atoms with van der Waals surface area (Å²) in [4.78, 5) is 10.5. The number of aliphatic hydroxyl groups is 1. The lowest BCUT2D eigenvalue weighted by Gasteiger charge is -2.27. The molecule has 0 aliphatic carbocycles. The smallest absolute Gasteiger partial charge is 0.333 e. The Morgan fingerprint density at radius 2 is 2.00 bits per heavy atom. The van der Waals surface area contributed by atoms with Crippen molar-refractivity contribution in [2.75, 3.05) is 0 Å². The predicted octanol–water partition coefficient (Wildman–Crippen LogP) is 1.65. The van der Waals surface area contributed by atoms with Crippen molar-refractivity contribution >= 4 is 5.97 Å². The molecule has 0 heterocycles. The van der Waals surface area contributed by atoms with Gasteiger partial charge in [-0.25, -0.2) is 4.79 Å². The Labute approximate surface area is 73.4 Å². The van der Waals surface area contributed by atoms with Gasteiger partial charge in [0.15, 0.2) is 6.10 Å². The summed E-state index contributed by atoms with van der Waals surface area (Å²) in [6.07, 6.45) is 1.48. The van der Waals surface area contributed by atoms with Crippen molar-refractivity contribution in [2.45, 2.75) is 46.1 Å². The van der Waals surface area contributed by atoms with Crippen LogP contribution in [0.1, 0.15) is 40.0 Å². The SMILES string of the molecule is CCCCC(C)(C)C(O)C(=O)O. The molecule has 1 unspecified atom stereocenters. The molecule has 12 heavy (non-hydrogen) atoms. The average Bonchev–Trinajstić information content (AvgIpc) is 1.99. The maximum absolute atomic E-state index is 10.5. The van der Waals surface area contributed by atoms with Gasteiger partial charge >= 0.3 is 5.97 Å². The van der Waals surface area contributed by atoms with Gasteiger partial charge in [0, 0.05) is 5.41 Å². The zero-order valence-corrected chi connectivity index (χ0v) is 8.00. The fourth-order valence-corrected chi connectivity index (χ4v) is 1.10. The third kappa shape index (κ3) is 3.22. The van der Waals surface area contributed by atoms with Crippen molar-refractivity contribution in [2.24, 2.45) is 5.41 Å². The monoisotopic (exact) mass is 174 g/mol. The Kier molecular flexibility index (Phi) is 4.24. The third-order valence-electron chi connectivity index (χ3n) is 2.15. The quantitative estimate of drug-likeness (QED) is 0.666. The average molecular weight is 174 g/mol. The number of unbranched alkanes of at least 4 members (excludes halogenated alkanes) is 1. The highest BCUT2D eigenvalue weighted by Gasteiger charge is 2.32. The lowest BCUT2D eigenvalue weighted by atomic mass is 9.81. The summed E-state index contributed by atoms with van der Waals surface area (Å²) in [7, 11) is 0. The Bertz CT molecular complexity index is 152. The summed E-state index contributed by atoms with van der Waals surface area (Å²) in [5.41, 5.74) is -0.512. The molecule has 0 fully saturated rings. The molecule has 0 saturated carbocycles. The van der Waals surface area contributed by atoms with E-state index >= 15 is 0 Å². The molecule has 0 radical (unpaired) electrons. The number of carbonyl (C=O) groups is 1. The molecule has 0 aromatic carbocycles. The van der Waals surface area contributed by atoms with Gasteiger partial charge in [-0.05, 0) is 6.42 Å². The zero-order valence-electron chi connectivity index (χ0n) is 8.00. The molecule has 72 valence electrons. The van der Waals surface area contributed by atoms with Crippen molar-refractivity contribution in [1.29, 1.82) is 0 Å². The molecule has 0 rings (SSSR count). The van der Waals surface area contributed by atoms with Gasteiger partial charge in [0.1, 0.15) is 0 Å². The van der Waals surface area contributed by atoms with Crippen LogP contribution in [0.25, 0.3) is 0 Å². The molecule has 0 aromatic rings. The van der Waals surface area contributed by atoms with E-state index in [1.54, 1.807) is 13.8 Å². The van der Waals surface area contributed by atoms with Crippen molar-refractivity contribution in [1.82, 2.24) is 0 Å². The molecule has 0 spiro atoms. The zero-order chi connectivity index (χ0) is 9.78. The van der Waals surface area contributed by atoms with Crippen LogP contribution in [-0.4, -0.2) is 22.3 Å². The first-order valence-electron chi connectivity index (χ1n) is 4.32. The molecule has 3 heteroatoms. The van der Waals surface area contributed by atoms with Gasteiger partial charge in [-0.3, -0.25) is 0 Å².